The lowest BCUT2D eigenvalue weighted by molar-refractivity contribution is 0.447. The second kappa shape index (κ2) is 6.38. The maximum absolute atomic E-state index is 13.8. The highest BCUT2D eigenvalue weighted by molar-refractivity contribution is 7.83. The quantitative estimate of drug-likeness (QED) is 0.780. The van der Waals surface area contributed by atoms with Crippen molar-refractivity contribution in [1.29, 1.82) is 0 Å². The second-order valence-electron chi connectivity index (χ2n) is 4.13. The molecule has 0 heterocycles. The Morgan fingerprint density at radius 3 is 2.37 bits per heavy atom. The Balaban J connectivity index is 2.06. The van der Waals surface area contributed by atoms with Crippen molar-refractivity contribution < 1.29 is 8.60 Å². The van der Waals surface area contributed by atoms with E-state index in [0.29, 0.717) is 10.5 Å². The van der Waals surface area contributed by atoms with Gasteiger partial charge in [-0.1, -0.05) is 48.0 Å². The van der Waals surface area contributed by atoms with Gasteiger partial charge in [0.05, 0.1) is 11.1 Å². The first kappa shape index (κ1) is 13.6. The number of halogens is 1. The molecule has 2 rings (SSSR count). The summed E-state index contributed by atoms with van der Waals surface area (Å²) >= 11 is 0. The van der Waals surface area contributed by atoms with Gasteiger partial charge in [0.15, 0.2) is 17.2 Å². The van der Waals surface area contributed by atoms with Crippen LogP contribution in [0.2, 0.25) is 0 Å². The van der Waals surface area contributed by atoms with Crippen molar-refractivity contribution in [2.45, 2.75) is 18.0 Å². The predicted octanol–water partition coefficient (Wildman–Crippen LogP) is 3.80. The molecule has 0 fully saturated rings. The van der Waals surface area contributed by atoms with Crippen LogP contribution < -0.4 is 0 Å². The van der Waals surface area contributed by atoms with Crippen LogP contribution in [0.4, 0.5) is 4.39 Å². The molecule has 0 aromatic heterocycles. The van der Waals surface area contributed by atoms with Crippen LogP contribution in [0.15, 0.2) is 63.9 Å². The lowest BCUT2D eigenvalue weighted by atomic mass is 10.1. The van der Waals surface area contributed by atoms with E-state index in [1.54, 1.807) is 36.4 Å². The van der Waals surface area contributed by atoms with Crippen LogP contribution in [0.5, 0.6) is 0 Å². The molecule has 98 valence electrons. The second-order valence-corrected chi connectivity index (χ2v) is 5.31. The Labute approximate surface area is 114 Å². The summed E-state index contributed by atoms with van der Waals surface area (Å²) in [7, 11) is -1.56. The first-order valence-electron chi connectivity index (χ1n) is 5.88. The maximum Gasteiger partial charge on any atom is 0.172 e. The summed E-state index contributed by atoms with van der Waals surface area (Å²) in [6.45, 7) is 1.95. The molecule has 0 saturated carbocycles. The monoisotopic (exact) mass is 275 g/mol. The van der Waals surface area contributed by atoms with Crippen molar-refractivity contribution in [3.05, 3.63) is 65.7 Å². The minimum atomic E-state index is -1.56. The van der Waals surface area contributed by atoms with Gasteiger partial charge in [-0.2, -0.15) is 4.40 Å². The fourth-order valence-corrected chi connectivity index (χ4v) is 2.26. The van der Waals surface area contributed by atoms with Crippen molar-refractivity contribution >= 4 is 17.2 Å². The first-order valence-corrected chi connectivity index (χ1v) is 6.99. The molecule has 0 saturated heterocycles. The number of aryl methyl sites for hydroxylation is 1. The van der Waals surface area contributed by atoms with E-state index in [4.69, 9.17) is 0 Å². The Morgan fingerprint density at radius 1 is 1.11 bits per heavy atom. The summed E-state index contributed by atoms with van der Waals surface area (Å²) in [6.07, 6.45) is -0.249. The summed E-state index contributed by atoms with van der Waals surface area (Å²) in [5, 5.41) is 0. The van der Waals surface area contributed by atoms with Crippen LogP contribution in [0, 0.1) is 6.92 Å². The van der Waals surface area contributed by atoms with Crippen molar-refractivity contribution in [2.75, 3.05) is 0 Å². The number of alkyl halides is 1. The average molecular weight is 275 g/mol. The fraction of sp³-hybridized carbons (Fsp3) is 0.133. The third-order valence-corrected chi connectivity index (χ3v) is 3.62. The van der Waals surface area contributed by atoms with Gasteiger partial charge in [0.1, 0.15) is 0 Å². The number of rotatable bonds is 4. The minimum absolute atomic E-state index is 0.507. The van der Waals surface area contributed by atoms with E-state index < -0.39 is 17.2 Å². The minimum Gasteiger partial charge on any atom is -0.236 e. The van der Waals surface area contributed by atoms with E-state index in [-0.39, 0.29) is 0 Å². The van der Waals surface area contributed by atoms with Crippen molar-refractivity contribution in [3.8, 4) is 0 Å². The molecular formula is C15H14FNOS. The van der Waals surface area contributed by atoms with Crippen LogP contribution in [0.3, 0.4) is 0 Å². The van der Waals surface area contributed by atoms with E-state index >= 15 is 0 Å². The molecule has 2 aromatic rings. The van der Waals surface area contributed by atoms with Gasteiger partial charge in [-0.25, -0.2) is 8.60 Å². The molecule has 0 amide bonds. The number of benzene rings is 2. The molecule has 0 bridgehead atoms. The molecule has 19 heavy (non-hydrogen) atoms. The van der Waals surface area contributed by atoms with Gasteiger partial charge in [0.25, 0.3) is 0 Å². The molecule has 2 nitrogen and oxygen atoms in total. The zero-order valence-electron chi connectivity index (χ0n) is 10.5. The van der Waals surface area contributed by atoms with E-state index in [1.807, 2.05) is 25.1 Å². The van der Waals surface area contributed by atoms with Crippen LogP contribution >= 0.6 is 0 Å². The summed E-state index contributed by atoms with van der Waals surface area (Å²) < 4.78 is 29.4. The topological polar surface area (TPSA) is 29.4 Å². The highest BCUT2D eigenvalue weighted by Crippen LogP contribution is 2.15. The highest BCUT2D eigenvalue weighted by atomic mass is 32.2. The van der Waals surface area contributed by atoms with Crippen LogP contribution in [0.25, 0.3) is 0 Å². The fourth-order valence-electron chi connectivity index (χ4n) is 1.55. The van der Waals surface area contributed by atoms with Gasteiger partial charge in [-0.15, -0.1) is 0 Å². The van der Waals surface area contributed by atoms with Crippen LogP contribution in [-0.4, -0.2) is 10.4 Å². The largest absolute Gasteiger partial charge is 0.236 e. The molecule has 0 N–H and O–H groups in total. The molecule has 0 unspecified atom stereocenters. The predicted molar refractivity (Wildman–Crippen MR) is 76.4 cm³/mol. The van der Waals surface area contributed by atoms with Gasteiger partial charge in [0.2, 0.25) is 0 Å². The zero-order valence-corrected chi connectivity index (χ0v) is 11.3. The molecule has 0 aliphatic heterocycles. The van der Waals surface area contributed by atoms with Gasteiger partial charge in [-0.3, -0.25) is 0 Å². The molecule has 4 heteroatoms. The molecule has 0 radical (unpaired) electrons. The van der Waals surface area contributed by atoms with Crippen LogP contribution in [-0.2, 0) is 11.0 Å². The number of hydrogen-bond acceptors (Lipinski definition) is 1. The maximum atomic E-state index is 13.8. The Morgan fingerprint density at radius 2 is 1.74 bits per heavy atom. The lowest BCUT2D eigenvalue weighted by Crippen LogP contribution is -1.95. The molecule has 2 aromatic carbocycles. The Hall–Kier alpha value is -1.81. The zero-order chi connectivity index (χ0) is 13.7. The van der Waals surface area contributed by atoms with Gasteiger partial charge in [0, 0.05) is 0 Å². The smallest absolute Gasteiger partial charge is 0.172 e. The summed E-state index contributed by atoms with van der Waals surface area (Å²) in [4.78, 5) is 0.571. The molecular weight excluding hydrogens is 261 g/mol. The molecule has 0 spiro atoms. The summed E-state index contributed by atoms with van der Waals surface area (Å²) in [6, 6.07) is 15.9. The SMILES string of the molecule is Cc1ccc([S@@](=O)/N=C/[C@@H](F)c2ccccc2)cc1. The number of nitrogens with zero attached hydrogens (tertiary/aromatic N) is 1. The number of hydrogen-bond donors (Lipinski definition) is 0. The van der Waals surface area contributed by atoms with Crippen molar-refractivity contribution in [1.82, 2.24) is 0 Å². The molecule has 0 aliphatic rings. The Kier molecular flexibility index (Phi) is 4.58. The lowest BCUT2D eigenvalue weighted by Gasteiger charge is -2.02. The van der Waals surface area contributed by atoms with E-state index in [9.17, 15) is 8.60 Å². The van der Waals surface area contributed by atoms with Gasteiger partial charge >= 0.3 is 0 Å². The average Bonchev–Trinajstić information content (AvgIpc) is 2.46. The third-order valence-electron chi connectivity index (χ3n) is 2.63. The first-order chi connectivity index (χ1) is 9.16. The standard InChI is InChI=1S/C15H14FNOS/c1-12-7-9-14(10-8-12)19(18)17-11-15(16)13-5-3-2-4-6-13/h2-11,15H,1H3/b17-11+/t15-,19-/m1/s1. The molecule has 2 atom stereocenters. The Bertz CT molecular complexity index is 581. The van der Waals surface area contributed by atoms with Gasteiger partial charge in [-0.05, 0) is 24.6 Å². The summed E-state index contributed by atoms with van der Waals surface area (Å²) in [5.41, 5.74) is 1.59. The van der Waals surface area contributed by atoms with Crippen molar-refractivity contribution in [2.24, 2.45) is 4.40 Å². The molecule has 0 aliphatic carbocycles. The van der Waals surface area contributed by atoms with Crippen molar-refractivity contribution in [3.63, 3.8) is 0 Å². The van der Waals surface area contributed by atoms with E-state index in [1.165, 1.54) is 0 Å². The van der Waals surface area contributed by atoms with E-state index in [0.717, 1.165) is 11.8 Å². The van der Waals surface area contributed by atoms with Crippen LogP contribution in [0.1, 0.15) is 17.3 Å². The van der Waals surface area contributed by atoms with E-state index in [2.05, 4.69) is 4.40 Å². The van der Waals surface area contributed by atoms with Gasteiger partial charge < -0.3 is 0 Å². The summed E-state index contributed by atoms with van der Waals surface area (Å²) in [5.74, 6) is 0. The highest BCUT2D eigenvalue weighted by Gasteiger charge is 2.07. The third kappa shape index (κ3) is 3.83. The normalized spacial score (nSPS) is 14.4.